The van der Waals surface area contributed by atoms with Gasteiger partial charge in [-0.2, -0.15) is 0 Å². The van der Waals surface area contributed by atoms with Crippen molar-refractivity contribution >= 4 is 23.4 Å². The molecule has 2 amide bonds. The van der Waals surface area contributed by atoms with Crippen molar-refractivity contribution in [3.63, 3.8) is 0 Å². The summed E-state index contributed by atoms with van der Waals surface area (Å²) in [6, 6.07) is 3.37. The van der Waals surface area contributed by atoms with Gasteiger partial charge < -0.3 is 10.2 Å². The van der Waals surface area contributed by atoms with Crippen LogP contribution >= 0.6 is 11.6 Å². The molecular formula is C15H18ClFN2O2. The summed E-state index contributed by atoms with van der Waals surface area (Å²) in [5.41, 5.74) is 0.669. The number of amides is 2. The Hall–Kier alpha value is -1.62. The van der Waals surface area contributed by atoms with E-state index in [9.17, 15) is 14.0 Å². The van der Waals surface area contributed by atoms with E-state index >= 15 is 0 Å². The number of rotatable bonds is 3. The minimum Gasteiger partial charge on any atom is -0.344 e. The molecule has 0 radical (unpaired) electrons. The molecule has 4 nitrogen and oxygen atoms in total. The van der Waals surface area contributed by atoms with Crippen LogP contribution in [0.5, 0.6) is 0 Å². The van der Waals surface area contributed by atoms with Crippen LogP contribution in [-0.2, 0) is 16.1 Å². The Bertz CT molecular complexity index is 565. The molecule has 0 aliphatic carbocycles. The molecule has 1 aromatic carbocycles. The fourth-order valence-corrected chi connectivity index (χ4v) is 2.68. The lowest BCUT2D eigenvalue weighted by atomic mass is 10.1. The van der Waals surface area contributed by atoms with Crippen LogP contribution in [0.15, 0.2) is 18.2 Å². The van der Waals surface area contributed by atoms with Crippen molar-refractivity contribution in [2.24, 2.45) is 0 Å². The Balaban J connectivity index is 2.26. The van der Waals surface area contributed by atoms with Crippen molar-refractivity contribution in [2.75, 3.05) is 0 Å². The van der Waals surface area contributed by atoms with Crippen LogP contribution < -0.4 is 5.32 Å². The molecule has 0 bridgehead atoms. The maximum absolute atomic E-state index is 13.1. The number of carbonyl (C=O) groups excluding carboxylic acids is 2. The Morgan fingerprint density at radius 2 is 2.14 bits per heavy atom. The fourth-order valence-electron chi connectivity index (χ4n) is 2.45. The highest BCUT2D eigenvalue weighted by Gasteiger charge is 2.33. The minimum atomic E-state index is -0.512. The lowest BCUT2D eigenvalue weighted by molar-refractivity contribution is -0.135. The molecule has 0 aromatic heterocycles. The van der Waals surface area contributed by atoms with E-state index in [1.165, 1.54) is 12.1 Å². The van der Waals surface area contributed by atoms with Crippen molar-refractivity contribution in [3.8, 4) is 0 Å². The first-order chi connectivity index (χ1) is 9.92. The smallest absolute Gasteiger partial charge is 0.245 e. The molecule has 114 valence electrons. The first-order valence-electron chi connectivity index (χ1n) is 6.96. The van der Waals surface area contributed by atoms with Crippen molar-refractivity contribution in [3.05, 3.63) is 34.6 Å². The summed E-state index contributed by atoms with van der Waals surface area (Å²) < 4.78 is 13.1. The maximum Gasteiger partial charge on any atom is 0.245 e. The average Bonchev–Trinajstić information content (AvgIpc) is 2.52. The molecule has 21 heavy (non-hydrogen) atoms. The van der Waals surface area contributed by atoms with Crippen molar-refractivity contribution < 1.29 is 14.0 Å². The molecule has 6 heteroatoms. The highest BCUT2D eigenvalue weighted by atomic mass is 35.5. The van der Waals surface area contributed by atoms with Crippen LogP contribution in [0.4, 0.5) is 4.39 Å². The van der Waals surface area contributed by atoms with Gasteiger partial charge in [-0.15, -0.1) is 0 Å². The Morgan fingerprint density at radius 1 is 1.43 bits per heavy atom. The van der Waals surface area contributed by atoms with E-state index in [2.05, 4.69) is 5.32 Å². The van der Waals surface area contributed by atoms with Gasteiger partial charge >= 0.3 is 0 Å². The van der Waals surface area contributed by atoms with Crippen LogP contribution in [0.1, 0.15) is 32.3 Å². The predicted molar refractivity (Wildman–Crippen MR) is 78.3 cm³/mol. The third-order valence-corrected chi connectivity index (χ3v) is 4.05. The van der Waals surface area contributed by atoms with E-state index in [1.54, 1.807) is 11.0 Å². The lowest BCUT2D eigenvalue weighted by Gasteiger charge is -2.29. The summed E-state index contributed by atoms with van der Waals surface area (Å²) in [5, 5.41) is 3.01. The molecule has 1 saturated heterocycles. The van der Waals surface area contributed by atoms with E-state index < -0.39 is 11.9 Å². The summed E-state index contributed by atoms with van der Waals surface area (Å²) in [5.74, 6) is -0.672. The summed E-state index contributed by atoms with van der Waals surface area (Å²) in [7, 11) is 0. The topological polar surface area (TPSA) is 49.4 Å². The molecule has 0 saturated carbocycles. The Labute approximate surface area is 128 Å². The van der Waals surface area contributed by atoms with Gasteiger partial charge in [-0.05, 0) is 31.0 Å². The molecule has 1 aliphatic rings. The fraction of sp³-hybridized carbons (Fsp3) is 0.467. The Kier molecular flexibility index (Phi) is 4.83. The zero-order chi connectivity index (χ0) is 15.6. The second-order valence-corrected chi connectivity index (χ2v) is 5.69. The standard InChI is InChI=1S/C15H18ClFN2O2/c1-3-13-15(21)19(9(2)6-14(20)18-13)8-10-4-5-11(17)7-12(10)16/h4-5,7,9,13H,3,6,8H2,1-2H3,(H,18,20). The Morgan fingerprint density at radius 3 is 2.76 bits per heavy atom. The zero-order valence-electron chi connectivity index (χ0n) is 12.0. The SMILES string of the molecule is CCC1NC(=O)CC(C)N(Cc2ccc(F)cc2Cl)C1=O. The van der Waals surface area contributed by atoms with Gasteiger partial charge in [-0.3, -0.25) is 9.59 Å². The van der Waals surface area contributed by atoms with E-state index in [0.717, 1.165) is 0 Å². The largest absolute Gasteiger partial charge is 0.344 e. The minimum absolute atomic E-state index is 0.128. The summed E-state index contributed by atoms with van der Waals surface area (Å²) in [4.78, 5) is 25.9. The van der Waals surface area contributed by atoms with Crippen LogP contribution in [0.25, 0.3) is 0 Å². The van der Waals surface area contributed by atoms with Crippen molar-refractivity contribution in [1.29, 1.82) is 0 Å². The van der Waals surface area contributed by atoms with Crippen molar-refractivity contribution in [2.45, 2.75) is 45.3 Å². The lowest BCUT2D eigenvalue weighted by Crippen LogP contribution is -2.45. The van der Waals surface area contributed by atoms with E-state index in [1.807, 2.05) is 13.8 Å². The van der Waals surface area contributed by atoms with Gasteiger partial charge in [0, 0.05) is 24.0 Å². The predicted octanol–water partition coefficient (Wildman–Crippen LogP) is 2.49. The number of hydrogen-bond acceptors (Lipinski definition) is 2. The van der Waals surface area contributed by atoms with E-state index in [4.69, 9.17) is 11.6 Å². The molecule has 1 N–H and O–H groups in total. The number of halogens is 2. The third kappa shape index (κ3) is 3.53. The van der Waals surface area contributed by atoms with Gasteiger partial charge in [0.05, 0.1) is 0 Å². The highest BCUT2D eigenvalue weighted by Crippen LogP contribution is 2.22. The van der Waals surface area contributed by atoms with Gasteiger partial charge in [0.25, 0.3) is 0 Å². The van der Waals surface area contributed by atoms with Crippen LogP contribution in [0, 0.1) is 5.82 Å². The number of hydrogen-bond donors (Lipinski definition) is 1. The van der Waals surface area contributed by atoms with Crippen LogP contribution in [0.2, 0.25) is 5.02 Å². The molecule has 1 aromatic rings. The monoisotopic (exact) mass is 312 g/mol. The second-order valence-electron chi connectivity index (χ2n) is 5.28. The summed E-state index contributed by atoms with van der Waals surface area (Å²) >= 11 is 6.02. The molecule has 2 rings (SSSR count). The quantitative estimate of drug-likeness (QED) is 0.932. The van der Waals surface area contributed by atoms with Gasteiger partial charge in [0.2, 0.25) is 11.8 Å². The molecule has 1 aliphatic heterocycles. The van der Waals surface area contributed by atoms with E-state index in [0.29, 0.717) is 12.0 Å². The average molecular weight is 313 g/mol. The molecular weight excluding hydrogens is 295 g/mol. The highest BCUT2D eigenvalue weighted by molar-refractivity contribution is 6.31. The van der Waals surface area contributed by atoms with E-state index in [-0.39, 0.29) is 35.8 Å². The first-order valence-corrected chi connectivity index (χ1v) is 7.34. The van der Waals surface area contributed by atoms with Crippen LogP contribution in [-0.4, -0.2) is 28.8 Å². The molecule has 2 unspecified atom stereocenters. The van der Waals surface area contributed by atoms with Gasteiger partial charge in [0.15, 0.2) is 0 Å². The third-order valence-electron chi connectivity index (χ3n) is 3.69. The normalized spacial score (nSPS) is 23.0. The zero-order valence-corrected chi connectivity index (χ0v) is 12.8. The first kappa shape index (κ1) is 15.8. The molecule has 1 heterocycles. The molecule has 0 spiro atoms. The number of nitrogens with zero attached hydrogens (tertiary/aromatic N) is 1. The second kappa shape index (κ2) is 6.43. The maximum atomic E-state index is 13.1. The van der Waals surface area contributed by atoms with Gasteiger partial charge in [-0.1, -0.05) is 24.6 Å². The molecule has 1 fully saturated rings. The summed E-state index contributed by atoms with van der Waals surface area (Å²) in [6.07, 6.45) is 0.784. The summed E-state index contributed by atoms with van der Waals surface area (Å²) in [6.45, 7) is 3.94. The number of carbonyl (C=O) groups is 2. The van der Waals surface area contributed by atoms with Crippen molar-refractivity contribution in [1.82, 2.24) is 10.2 Å². The van der Waals surface area contributed by atoms with Gasteiger partial charge in [0.1, 0.15) is 11.9 Å². The van der Waals surface area contributed by atoms with Gasteiger partial charge in [-0.25, -0.2) is 4.39 Å². The molecule has 2 atom stereocenters. The van der Waals surface area contributed by atoms with Crippen LogP contribution in [0.3, 0.4) is 0 Å². The number of nitrogens with one attached hydrogen (secondary N) is 1. The number of benzene rings is 1.